The fourth-order valence-corrected chi connectivity index (χ4v) is 3.49. The maximum absolute atomic E-state index is 5.33. The van der Waals surface area contributed by atoms with Crippen molar-refractivity contribution in [2.24, 2.45) is 0 Å². The van der Waals surface area contributed by atoms with Gasteiger partial charge in [-0.2, -0.15) is 0 Å². The third kappa shape index (κ3) is 3.88. The molecule has 0 bridgehead atoms. The highest BCUT2D eigenvalue weighted by Crippen LogP contribution is 2.31. The van der Waals surface area contributed by atoms with Crippen LogP contribution in [0, 0.1) is 0 Å². The standard InChI is InChI=1S/C19H30N6O/c1-6-23-11-13-24(14-12-23)17(15-7-9-16(26-5)10-8-15)18-20-21-22-25(18)19(2,3)4/h7-10,17H,6,11-14H2,1-5H3/t17-/m1/s1. The van der Waals surface area contributed by atoms with E-state index in [1.54, 1.807) is 7.11 Å². The number of methoxy groups -OCH3 is 1. The predicted octanol–water partition coefficient (Wildman–Crippen LogP) is 2.16. The molecule has 7 nitrogen and oxygen atoms in total. The van der Waals surface area contributed by atoms with Gasteiger partial charge in [0.25, 0.3) is 0 Å². The van der Waals surface area contributed by atoms with Crippen LogP contribution in [0.5, 0.6) is 5.75 Å². The van der Waals surface area contributed by atoms with Crippen LogP contribution < -0.4 is 4.74 Å². The molecule has 0 aliphatic carbocycles. The normalized spacial score (nSPS) is 18.0. The lowest BCUT2D eigenvalue weighted by molar-refractivity contribution is 0.106. The second-order valence-corrected chi connectivity index (χ2v) is 7.77. The van der Waals surface area contributed by atoms with Gasteiger partial charge in [0.15, 0.2) is 5.82 Å². The van der Waals surface area contributed by atoms with Gasteiger partial charge in [0.1, 0.15) is 5.75 Å². The molecule has 1 aliphatic rings. The molecule has 0 radical (unpaired) electrons. The number of piperazine rings is 1. The number of likely N-dealkylation sites (N-methyl/N-ethyl adjacent to an activating group) is 1. The molecular formula is C19H30N6O. The summed E-state index contributed by atoms with van der Waals surface area (Å²) in [4.78, 5) is 4.97. The van der Waals surface area contributed by atoms with Gasteiger partial charge in [-0.15, -0.1) is 5.10 Å². The van der Waals surface area contributed by atoms with Crippen LogP contribution in [0.1, 0.15) is 45.1 Å². The Kier molecular flexibility index (Phi) is 5.58. The zero-order valence-electron chi connectivity index (χ0n) is 16.5. The van der Waals surface area contributed by atoms with Crippen molar-refractivity contribution in [2.75, 3.05) is 39.8 Å². The van der Waals surface area contributed by atoms with Crippen LogP contribution in [-0.2, 0) is 5.54 Å². The molecule has 142 valence electrons. The Balaban J connectivity index is 1.98. The maximum Gasteiger partial charge on any atom is 0.173 e. The van der Waals surface area contributed by atoms with Crippen LogP contribution in [0.15, 0.2) is 24.3 Å². The topological polar surface area (TPSA) is 59.3 Å². The fourth-order valence-electron chi connectivity index (χ4n) is 3.49. The lowest BCUT2D eigenvalue weighted by Crippen LogP contribution is -2.48. The van der Waals surface area contributed by atoms with Crippen molar-refractivity contribution < 1.29 is 4.74 Å². The highest BCUT2D eigenvalue weighted by atomic mass is 16.5. The maximum atomic E-state index is 5.33. The molecule has 1 aromatic carbocycles. The van der Waals surface area contributed by atoms with Crippen LogP contribution >= 0.6 is 0 Å². The van der Waals surface area contributed by atoms with Gasteiger partial charge >= 0.3 is 0 Å². The molecule has 0 N–H and O–H groups in total. The van der Waals surface area contributed by atoms with Crippen LogP contribution in [0.2, 0.25) is 0 Å². The number of ether oxygens (including phenoxy) is 1. The summed E-state index contributed by atoms with van der Waals surface area (Å²) >= 11 is 0. The van der Waals surface area contributed by atoms with E-state index in [-0.39, 0.29) is 11.6 Å². The van der Waals surface area contributed by atoms with Crippen molar-refractivity contribution in [1.29, 1.82) is 0 Å². The van der Waals surface area contributed by atoms with Gasteiger partial charge in [0.2, 0.25) is 0 Å². The predicted molar refractivity (Wildman–Crippen MR) is 101 cm³/mol. The Morgan fingerprint density at radius 2 is 1.73 bits per heavy atom. The first-order valence-electron chi connectivity index (χ1n) is 9.33. The van der Waals surface area contributed by atoms with Crippen molar-refractivity contribution in [3.8, 4) is 5.75 Å². The minimum atomic E-state index is -0.172. The SMILES string of the molecule is CCN1CCN([C@H](c2ccc(OC)cc2)c2nnnn2C(C)(C)C)CC1. The molecule has 7 heteroatoms. The Morgan fingerprint density at radius 3 is 2.27 bits per heavy atom. The summed E-state index contributed by atoms with van der Waals surface area (Å²) in [7, 11) is 1.69. The third-order valence-corrected chi connectivity index (χ3v) is 5.02. The summed E-state index contributed by atoms with van der Waals surface area (Å²) in [6, 6.07) is 8.30. The van der Waals surface area contributed by atoms with E-state index in [0.717, 1.165) is 44.3 Å². The summed E-state index contributed by atoms with van der Waals surface area (Å²) < 4.78 is 7.28. The van der Waals surface area contributed by atoms with Crippen LogP contribution in [-0.4, -0.2) is 69.8 Å². The molecule has 0 unspecified atom stereocenters. The molecule has 1 fully saturated rings. The van der Waals surface area contributed by atoms with Gasteiger partial charge in [-0.3, -0.25) is 4.90 Å². The summed E-state index contributed by atoms with van der Waals surface area (Å²) in [5, 5.41) is 12.7. The van der Waals surface area contributed by atoms with E-state index in [0.29, 0.717) is 0 Å². The van der Waals surface area contributed by atoms with Gasteiger partial charge in [0, 0.05) is 26.2 Å². The number of benzene rings is 1. The number of hydrogen-bond acceptors (Lipinski definition) is 6. The van der Waals surface area contributed by atoms with E-state index in [2.05, 4.69) is 65.2 Å². The van der Waals surface area contributed by atoms with Crippen molar-refractivity contribution in [3.63, 3.8) is 0 Å². The second-order valence-electron chi connectivity index (χ2n) is 7.77. The average molecular weight is 358 g/mol. The Hall–Kier alpha value is -1.99. The van der Waals surface area contributed by atoms with Crippen molar-refractivity contribution in [3.05, 3.63) is 35.7 Å². The lowest BCUT2D eigenvalue weighted by atomic mass is 10.0. The van der Waals surface area contributed by atoms with E-state index in [9.17, 15) is 0 Å². The molecule has 0 spiro atoms. The highest BCUT2D eigenvalue weighted by Gasteiger charge is 2.32. The molecular weight excluding hydrogens is 328 g/mol. The van der Waals surface area contributed by atoms with Gasteiger partial charge in [-0.25, -0.2) is 4.68 Å². The molecule has 0 amide bonds. The molecule has 2 heterocycles. The highest BCUT2D eigenvalue weighted by molar-refractivity contribution is 5.32. The van der Waals surface area contributed by atoms with E-state index in [1.165, 1.54) is 5.56 Å². The number of hydrogen-bond donors (Lipinski definition) is 0. The minimum absolute atomic E-state index is 0.0362. The summed E-state index contributed by atoms with van der Waals surface area (Å²) in [5.41, 5.74) is 1.02. The summed E-state index contributed by atoms with van der Waals surface area (Å²) in [6.07, 6.45) is 0. The average Bonchev–Trinajstić information content (AvgIpc) is 3.13. The Bertz CT molecular complexity index is 698. The van der Waals surface area contributed by atoms with Gasteiger partial charge < -0.3 is 9.64 Å². The van der Waals surface area contributed by atoms with Gasteiger partial charge in [-0.1, -0.05) is 19.1 Å². The number of rotatable bonds is 5. The van der Waals surface area contributed by atoms with Crippen molar-refractivity contribution in [1.82, 2.24) is 30.0 Å². The fraction of sp³-hybridized carbons (Fsp3) is 0.632. The molecule has 1 saturated heterocycles. The molecule has 3 rings (SSSR count). The number of aromatic nitrogens is 4. The number of tetrazole rings is 1. The van der Waals surface area contributed by atoms with E-state index in [4.69, 9.17) is 4.74 Å². The first-order chi connectivity index (χ1) is 12.4. The molecule has 26 heavy (non-hydrogen) atoms. The first-order valence-corrected chi connectivity index (χ1v) is 9.33. The molecule has 1 atom stereocenters. The zero-order chi connectivity index (χ0) is 18.7. The van der Waals surface area contributed by atoms with Crippen LogP contribution in [0.4, 0.5) is 0 Å². The first kappa shape index (κ1) is 18.8. The molecule has 2 aromatic rings. The zero-order valence-corrected chi connectivity index (χ0v) is 16.5. The van der Waals surface area contributed by atoms with E-state index in [1.807, 2.05) is 16.8 Å². The minimum Gasteiger partial charge on any atom is -0.497 e. The Morgan fingerprint density at radius 1 is 1.08 bits per heavy atom. The third-order valence-electron chi connectivity index (χ3n) is 5.02. The largest absolute Gasteiger partial charge is 0.497 e. The van der Waals surface area contributed by atoms with Crippen LogP contribution in [0.3, 0.4) is 0 Å². The van der Waals surface area contributed by atoms with Crippen molar-refractivity contribution in [2.45, 2.75) is 39.3 Å². The van der Waals surface area contributed by atoms with E-state index < -0.39 is 0 Å². The summed E-state index contributed by atoms with van der Waals surface area (Å²) in [6.45, 7) is 13.9. The Labute approximate surface area is 155 Å². The van der Waals surface area contributed by atoms with Gasteiger partial charge in [-0.05, 0) is 55.4 Å². The smallest absolute Gasteiger partial charge is 0.173 e. The summed E-state index contributed by atoms with van der Waals surface area (Å²) in [5.74, 6) is 1.76. The van der Waals surface area contributed by atoms with E-state index >= 15 is 0 Å². The monoisotopic (exact) mass is 358 g/mol. The lowest BCUT2D eigenvalue weighted by Gasteiger charge is -2.39. The van der Waals surface area contributed by atoms with Crippen molar-refractivity contribution >= 4 is 0 Å². The van der Waals surface area contributed by atoms with Crippen LogP contribution in [0.25, 0.3) is 0 Å². The molecule has 0 saturated carbocycles. The number of nitrogens with zero attached hydrogens (tertiary/aromatic N) is 6. The quantitative estimate of drug-likeness (QED) is 0.816. The second kappa shape index (κ2) is 7.72. The molecule has 1 aromatic heterocycles. The van der Waals surface area contributed by atoms with Gasteiger partial charge in [0.05, 0.1) is 18.7 Å². The molecule has 1 aliphatic heterocycles.